The Balaban J connectivity index is 2.22. The van der Waals surface area contributed by atoms with Crippen LogP contribution in [0.3, 0.4) is 0 Å². The van der Waals surface area contributed by atoms with Gasteiger partial charge in [-0.2, -0.15) is 0 Å². The summed E-state index contributed by atoms with van der Waals surface area (Å²) in [4.78, 5) is 16.5. The van der Waals surface area contributed by atoms with E-state index in [2.05, 4.69) is 4.98 Å². The maximum Gasteiger partial charge on any atom is 0.167 e. The van der Waals surface area contributed by atoms with Gasteiger partial charge in [-0.05, 0) is 18.6 Å². The number of carbonyl (C=O) groups is 1. The maximum atomic E-state index is 12.2. The van der Waals surface area contributed by atoms with Crippen molar-refractivity contribution in [3.05, 3.63) is 42.1 Å². The standard InChI is InChI=1S/C15H17NO2/c1-11(7-8-18-2)15(17)13-9-12-5-3-4-6-14(12)16-10-13/h3-6,9-11H,7-8H2,1-2H3. The summed E-state index contributed by atoms with van der Waals surface area (Å²) in [7, 11) is 1.65. The number of nitrogens with zero attached hydrogens (tertiary/aromatic N) is 1. The Labute approximate surface area is 107 Å². The Kier molecular flexibility index (Phi) is 4.05. The summed E-state index contributed by atoms with van der Waals surface area (Å²) in [6.07, 6.45) is 2.40. The number of pyridine rings is 1. The summed E-state index contributed by atoms with van der Waals surface area (Å²) in [5, 5.41) is 1.00. The molecule has 0 saturated heterocycles. The van der Waals surface area contributed by atoms with E-state index < -0.39 is 0 Å². The van der Waals surface area contributed by atoms with E-state index in [9.17, 15) is 4.79 Å². The Bertz CT molecular complexity index is 551. The van der Waals surface area contributed by atoms with E-state index in [1.807, 2.05) is 37.3 Å². The fourth-order valence-electron chi connectivity index (χ4n) is 1.92. The van der Waals surface area contributed by atoms with Crippen LogP contribution in [0.5, 0.6) is 0 Å². The van der Waals surface area contributed by atoms with Crippen molar-refractivity contribution >= 4 is 16.7 Å². The summed E-state index contributed by atoms with van der Waals surface area (Å²) in [6, 6.07) is 9.72. The lowest BCUT2D eigenvalue weighted by Crippen LogP contribution is -2.13. The number of rotatable bonds is 5. The minimum absolute atomic E-state index is 0.0343. The molecule has 1 heterocycles. The molecule has 18 heavy (non-hydrogen) atoms. The van der Waals surface area contributed by atoms with Crippen molar-refractivity contribution in [2.24, 2.45) is 5.92 Å². The van der Waals surface area contributed by atoms with Gasteiger partial charge in [-0.1, -0.05) is 25.1 Å². The predicted octanol–water partition coefficient (Wildman–Crippen LogP) is 3.09. The normalized spacial score (nSPS) is 12.6. The van der Waals surface area contributed by atoms with Crippen molar-refractivity contribution in [1.82, 2.24) is 4.98 Å². The number of hydrogen-bond acceptors (Lipinski definition) is 3. The first kappa shape index (κ1) is 12.7. The fourth-order valence-corrected chi connectivity index (χ4v) is 1.92. The number of carbonyl (C=O) groups excluding carboxylic acids is 1. The minimum atomic E-state index is -0.0343. The SMILES string of the molecule is COCCC(C)C(=O)c1cnc2ccccc2c1. The average molecular weight is 243 g/mol. The van der Waals surface area contributed by atoms with Gasteiger partial charge < -0.3 is 4.74 Å². The fraction of sp³-hybridized carbons (Fsp3) is 0.333. The topological polar surface area (TPSA) is 39.2 Å². The van der Waals surface area contributed by atoms with Crippen LogP contribution in [0.25, 0.3) is 10.9 Å². The number of benzene rings is 1. The quantitative estimate of drug-likeness (QED) is 0.757. The molecule has 3 nitrogen and oxygen atoms in total. The van der Waals surface area contributed by atoms with Crippen LogP contribution in [-0.2, 0) is 4.74 Å². The molecular weight excluding hydrogens is 226 g/mol. The molecule has 2 aromatic rings. The summed E-state index contributed by atoms with van der Waals surface area (Å²) < 4.78 is 5.00. The van der Waals surface area contributed by atoms with Gasteiger partial charge in [-0.3, -0.25) is 9.78 Å². The van der Waals surface area contributed by atoms with E-state index in [0.717, 1.165) is 17.3 Å². The van der Waals surface area contributed by atoms with Gasteiger partial charge in [0.15, 0.2) is 5.78 Å². The van der Waals surface area contributed by atoms with Crippen LogP contribution in [-0.4, -0.2) is 24.5 Å². The zero-order chi connectivity index (χ0) is 13.0. The van der Waals surface area contributed by atoms with Crippen LogP contribution in [0, 0.1) is 5.92 Å². The number of Topliss-reactive ketones (excluding diaryl/α,β-unsaturated/α-hetero) is 1. The number of aromatic nitrogens is 1. The molecule has 0 aliphatic heterocycles. The Hall–Kier alpha value is -1.74. The lowest BCUT2D eigenvalue weighted by atomic mass is 9.97. The molecule has 0 radical (unpaired) electrons. The van der Waals surface area contributed by atoms with Gasteiger partial charge in [0.25, 0.3) is 0 Å². The second kappa shape index (κ2) is 5.74. The van der Waals surface area contributed by atoms with Crippen LogP contribution >= 0.6 is 0 Å². The Morgan fingerprint density at radius 2 is 2.17 bits per heavy atom. The highest BCUT2D eigenvalue weighted by Gasteiger charge is 2.15. The molecule has 2 rings (SSSR count). The van der Waals surface area contributed by atoms with Crippen molar-refractivity contribution in [1.29, 1.82) is 0 Å². The van der Waals surface area contributed by atoms with Crippen LogP contribution in [0.4, 0.5) is 0 Å². The second-order valence-electron chi connectivity index (χ2n) is 4.46. The summed E-state index contributed by atoms with van der Waals surface area (Å²) >= 11 is 0. The molecule has 0 bridgehead atoms. The van der Waals surface area contributed by atoms with E-state index in [1.165, 1.54) is 0 Å². The van der Waals surface area contributed by atoms with Crippen LogP contribution < -0.4 is 0 Å². The molecule has 1 atom stereocenters. The average Bonchev–Trinajstić information content (AvgIpc) is 2.43. The third-order valence-electron chi connectivity index (χ3n) is 3.08. The molecule has 1 aromatic carbocycles. The van der Waals surface area contributed by atoms with Gasteiger partial charge >= 0.3 is 0 Å². The highest BCUT2D eigenvalue weighted by Crippen LogP contribution is 2.17. The van der Waals surface area contributed by atoms with Gasteiger partial charge in [0.1, 0.15) is 0 Å². The molecule has 0 spiro atoms. The van der Waals surface area contributed by atoms with Crippen molar-refractivity contribution < 1.29 is 9.53 Å². The molecule has 0 aliphatic carbocycles. The molecule has 1 unspecified atom stereocenters. The molecule has 0 amide bonds. The van der Waals surface area contributed by atoms with Crippen molar-refractivity contribution in [3.63, 3.8) is 0 Å². The number of methoxy groups -OCH3 is 1. The first-order chi connectivity index (χ1) is 8.72. The summed E-state index contributed by atoms with van der Waals surface area (Å²) in [5.41, 5.74) is 1.59. The third kappa shape index (κ3) is 2.74. The van der Waals surface area contributed by atoms with Crippen molar-refractivity contribution in [2.45, 2.75) is 13.3 Å². The first-order valence-electron chi connectivity index (χ1n) is 6.10. The smallest absolute Gasteiger partial charge is 0.167 e. The monoisotopic (exact) mass is 243 g/mol. The van der Waals surface area contributed by atoms with Gasteiger partial charge in [0, 0.05) is 36.8 Å². The van der Waals surface area contributed by atoms with Gasteiger partial charge in [0.05, 0.1) is 5.52 Å². The Morgan fingerprint density at radius 3 is 2.94 bits per heavy atom. The summed E-state index contributed by atoms with van der Waals surface area (Å²) in [6.45, 7) is 2.53. The first-order valence-corrected chi connectivity index (χ1v) is 6.10. The number of ether oxygens (including phenoxy) is 1. The molecular formula is C15H17NO2. The van der Waals surface area contributed by atoms with Crippen molar-refractivity contribution in [3.8, 4) is 0 Å². The molecule has 0 aliphatic rings. The summed E-state index contributed by atoms with van der Waals surface area (Å²) in [5.74, 6) is 0.0956. The molecule has 94 valence electrons. The largest absolute Gasteiger partial charge is 0.385 e. The van der Waals surface area contributed by atoms with Crippen LogP contribution in [0.2, 0.25) is 0 Å². The van der Waals surface area contributed by atoms with Gasteiger partial charge in [0.2, 0.25) is 0 Å². The third-order valence-corrected chi connectivity index (χ3v) is 3.08. The molecule has 0 N–H and O–H groups in total. The highest BCUT2D eigenvalue weighted by atomic mass is 16.5. The lowest BCUT2D eigenvalue weighted by molar-refractivity contribution is 0.0893. The van der Waals surface area contributed by atoms with E-state index in [1.54, 1.807) is 13.3 Å². The van der Waals surface area contributed by atoms with E-state index in [4.69, 9.17) is 4.74 Å². The van der Waals surface area contributed by atoms with E-state index in [-0.39, 0.29) is 11.7 Å². The molecule has 1 aromatic heterocycles. The van der Waals surface area contributed by atoms with Crippen LogP contribution in [0.1, 0.15) is 23.7 Å². The number of para-hydroxylation sites is 1. The highest BCUT2D eigenvalue weighted by molar-refractivity contribution is 6.00. The Morgan fingerprint density at radius 1 is 1.39 bits per heavy atom. The van der Waals surface area contributed by atoms with Crippen LogP contribution in [0.15, 0.2) is 36.5 Å². The zero-order valence-corrected chi connectivity index (χ0v) is 10.7. The molecule has 3 heteroatoms. The molecule has 0 fully saturated rings. The zero-order valence-electron chi connectivity index (χ0n) is 10.7. The van der Waals surface area contributed by atoms with Crippen molar-refractivity contribution in [2.75, 3.05) is 13.7 Å². The van der Waals surface area contributed by atoms with Gasteiger partial charge in [-0.15, -0.1) is 0 Å². The number of hydrogen-bond donors (Lipinski definition) is 0. The number of ketones is 1. The minimum Gasteiger partial charge on any atom is -0.385 e. The van der Waals surface area contributed by atoms with E-state index >= 15 is 0 Å². The second-order valence-corrected chi connectivity index (χ2v) is 4.46. The lowest BCUT2D eigenvalue weighted by Gasteiger charge is -2.10. The van der Waals surface area contributed by atoms with E-state index in [0.29, 0.717) is 12.2 Å². The maximum absolute atomic E-state index is 12.2. The van der Waals surface area contributed by atoms with Gasteiger partial charge in [-0.25, -0.2) is 0 Å². The molecule has 0 saturated carbocycles. The number of fused-ring (bicyclic) bond motifs is 1. The predicted molar refractivity (Wildman–Crippen MR) is 71.7 cm³/mol.